The van der Waals surface area contributed by atoms with Crippen LogP contribution in [0.3, 0.4) is 0 Å². The minimum Gasteiger partial charge on any atom is -0.456 e. The highest BCUT2D eigenvalue weighted by Crippen LogP contribution is 2.41. The number of hydrogen-bond acceptors (Lipinski definition) is 4. The molecule has 3 aromatic heterocycles. The smallest absolute Gasteiger partial charge is 0.164 e. The van der Waals surface area contributed by atoms with Gasteiger partial charge in [0.2, 0.25) is 0 Å². The first kappa shape index (κ1) is 36.8. The van der Waals surface area contributed by atoms with Gasteiger partial charge in [-0.15, -0.1) is 16.4 Å². The number of para-hydroxylation sites is 2. The van der Waals surface area contributed by atoms with Gasteiger partial charge in [0.05, 0.1) is 11.0 Å². The van der Waals surface area contributed by atoms with E-state index < -0.39 is 0 Å². The predicted molar refractivity (Wildman–Crippen MR) is 270 cm³/mol. The van der Waals surface area contributed by atoms with Crippen molar-refractivity contribution >= 4 is 110 Å². The Morgan fingerprint density at radius 3 is 1.70 bits per heavy atom. The van der Waals surface area contributed by atoms with E-state index in [1.807, 2.05) is 30.3 Å². The van der Waals surface area contributed by atoms with E-state index in [0.29, 0.717) is 17.5 Å². The maximum atomic E-state index is 6.67. The van der Waals surface area contributed by atoms with E-state index >= 15 is 0 Å². The third-order valence-electron chi connectivity index (χ3n) is 12.8. The summed E-state index contributed by atoms with van der Waals surface area (Å²) < 4.78 is 9.02. The topological polar surface area (TPSA) is 56.7 Å². The quantitative estimate of drug-likeness (QED) is 0.234. The summed E-state index contributed by atoms with van der Waals surface area (Å²) >= 11 is 0. The van der Waals surface area contributed by atoms with Crippen LogP contribution in [0.5, 0.6) is 0 Å². The van der Waals surface area contributed by atoms with Gasteiger partial charge in [-0.05, 0) is 76.9 Å². The molecule has 282 valence electrons. The molecule has 11 aromatic rings. The molecule has 0 saturated carbocycles. The lowest BCUT2D eigenvalue weighted by molar-refractivity contribution is 0.669. The van der Waals surface area contributed by atoms with Crippen LogP contribution in [0.15, 0.2) is 168 Å². The fraction of sp³-hybridized carbons (Fsp3) is 0. The van der Waals surface area contributed by atoms with Gasteiger partial charge in [-0.2, -0.15) is 0 Å². The third kappa shape index (κ3) is 6.04. The number of hydrogen-bond donors (Lipinski definition) is 0. The Morgan fingerprint density at radius 2 is 0.951 bits per heavy atom. The van der Waals surface area contributed by atoms with Crippen LogP contribution >= 0.6 is 0 Å². The van der Waals surface area contributed by atoms with Crippen molar-refractivity contribution in [1.82, 2.24) is 19.5 Å². The Kier molecular flexibility index (Phi) is 8.71. The normalized spacial score (nSPS) is 11.6. The molecular formula is C51H37B5N4O. The molecule has 11 rings (SSSR count). The minimum atomic E-state index is 0.589. The molecule has 3 heterocycles. The average molecular weight is 776 g/mol. The molecule has 0 aliphatic rings. The molecular weight excluding hydrogens is 739 g/mol. The second kappa shape index (κ2) is 14.5. The first-order chi connectivity index (χ1) is 29.8. The van der Waals surface area contributed by atoms with E-state index in [1.54, 1.807) is 0 Å². The molecule has 0 radical (unpaired) electrons. The molecule has 0 atom stereocenters. The van der Waals surface area contributed by atoms with Crippen molar-refractivity contribution in [2.45, 2.75) is 0 Å². The van der Waals surface area contributed by atoms with Crippen LogP contribution < -0.4 is 27.3 Å². The summed E-state index contributed by atoms with van der Waals surface area (Å²) in [5.41, 5.74) is 19.2. The standard InChI is InChI=1S/C51H37B5N4O/c52-44-42(45(53)47(55)48(56)46(44)54)30-13-9-14-31(25-30)50-57-49(28-11-3-1-4-12-28)58-51(59-50)32-21-23-36-41(27-32)61-40-20-10-18-34(43(36)40)29-22-24-39-37(26-29)35-17-7-8-19-38(35)60(39)33-15-5-2-6-16-33/h1-27H,52-56H2. The van der Waals surface area contributed by atoms with Crippen LogP contribution in [-0.4, -0.2) is 58.8 Å². The molecule has 0 aliphatic carbocycles. The van der Waals surface area contributed by atoms with Gasteiger partial charge in [0.15, 0.2) is 17.5 Å². The Balaban J connectivity index is 1.04. The molecule has 5 nitrogen and oxygen atoms in total. The SMILES string of the molecule is Bc1c(B)c(B)c(-c2cccc(-c3nc(-c4ccccc4)nc(-c4ccc5c(c4)oc4cccc(-c6ccc7c(c6)c6ccccc6n7-c6ccccc6)c45)n3)c2)c(B)c1B. The molecule has 0 fully saturated rings. The van der Waals surface area contributed by atoms with Crippen LogP contribution in [0.2, 0.25) is 0 Å². The highest BCUT2D eigenvalue weighted by Gasteiger charge is 2.20. The molecule has 0 saturated heterocycles. The molecule has 0 aliphatic heterocycles. The summed E-state index contributed by atoms with van der Waals surface area (Å²) in [6.07, 6.45) is 0. The number of aromatic nitrogens is 4. The zero-order valence-electron chi connectivity index (χ0n) is 34.8. The molecule has 0 unspecified atom stereocenters. The van der Waals surface area contributed by atoms with Crippen molar-refractivity contribution in [3.63, 3.8) is 0 Å². The van der Waals surface area contributed by atoms with Crippen LogP contribution in [0.1, 0.15) is 0 Å². The molecule has 0 bridgehead atoms. The number of rotatable bonds is 6. The fourth-order valence-corrected chi connectivity index (χ4v) is 9.30. The summed E-state index contributed by atoms with van der Waals surface area (Å²) in [7, 11) is 11.1. The summed E-state index contributed by atoms with van der Waals surface area (Å²) in [5.74, 6) is 1.83. The van der Waals surface area contributed by atoms with Gasteiger partial charge in [0.25, 0.3) is 0 Å². The molecule has 61 heavy (non-hydrogen) atoms. The zero-order valence-corrected chi connectivity index (χ0v) is 34.8. The van der Waals surface area contributed by atoms with E-state index in [1.165, 1.54) is 54.7 Å². The van der Waals surface area contributed by atoms with E-state index in [9.17, 15) is 0 Å². The van der Waals surface area contributed by atoms with E-state index in [0.717, 1.165) is 61.0 Å². The number of benzene rings is 8. The molecule has 10 heteroatoms. The van der Waals surface area contributed by atoms with Crippen LogP contribution in [-0.2, 0) is 0 Å². The van der Waals surface area contributed by atoms with Gasteiger partial charge < -0.3 is 8.98 Å². The van der Waals surface area contributed by atoms with Gasteiger partial charge in [-0.25, -0.2) is 15.0 Å². The third-order valence-corrected chi connectivity index (χ3v) is 12.8. The summed E-state index contributed by atoms with van der Waals surface area (Å²) in [6, 6.07) is 57.5. The van der Waals surface area contributed by atoms with Gasteiger partial charge in [0, 0.05) is 43.9 Å². The van der Waals surface area contributed by atoms with E-state index in [-0.39, 0.29) is 0 Å². The van der Waals surface area contributed by atoms with Gasteiger partial charge in [0.1, 0.15) is 50.4 Å². The van der Waals surface area contributed by atoms with Crippen LogP contribution in [0.4, 0.5) is 0 Å². The highest BCUT2D eigenvalue weighted by molar-refractivity contribution is 6.68. The highest BCUT2D eigenvalue weighted by atomic mass is 16.3. The van der Waals surface area contributed by atoms with Gasteiger partial charge in [-0.3, -0.25) is 0 Å². The lowest BCUT2D eigenvalue weighted by atomic mass is 9.59. The number of nitrogens with zero attached hydrogens (tertiary/aromatic N) is 4. The summed E-state index contributed by atoms with van der Waals surface area (Å²) in [4.78, 5) is 15.3. The van der Waals surface area contributed by atoms with Crippen molar-refractivity contribution in [2.75, 3.05) is 0 Å². The maximum absolute atomic E-state index is 6.67. The Morgan fingerprint density at radius 1 is 0.377 bits per heavy atom. The van der Waals surface area contributed by atoms with Gasteiger partial charge >= 0.3 is 0 Å². The van der Waals surface area contributed by atoms with Crippen molar-refractivity contribution in [3.05, 3.63) is 164 Å². The summed E-state index contributed by atoms with van der Waals surface area (Å²) in [5, 5.41) is 4.56. The number of fused-ring (bicyclic) bond motifs is 6. The van der Waals surface area contributed by atoms with Crippen molar-refractivity contribution in [1.29, 1.82) is 0 Å². The minimum absolute atomic E-state index is 0.589. The largest absolute Gasteiger partial charge is 0.456 e. The Labute approximate surface area is 358 Å². The average Bonchev–Trinajstić information content (AvgIpc) is 3.86. The second-order valence-corrected chi connectivity index (χ2v) is 16.2. The molecule has 0 N–H and O–H groups in total. The molecule has 0 spiro atoms. The van der Waals surface area contributed by atoms with Crippen LogP contribution in [0, 0.1) is 0 Å². The second-order valence-electron chi connectivity index (χ2n) is 16.2. The van der Waals surface area contributed by atoms with Crippen molar-refractivity contribution < 1.29 is 4.42 Å². The Hall–Kier alpha value is -7.31. The predicted octanol–water partition coefficient (Wildman–Crippen LogP) is 4.50. The fourth-order valence-electron chi connectivity index (χ4n) is 9.30. The molecule has 0 amide bonds. The first-order valence-corrected chi connectivity index (χ1v) is 20.9. The van der Waals surface area contributed by atoms with E-state index in [4.69, 9.17) is 19.4 Å². The number of furan rings is 1. The lowest BCUT2D eigenvalue weighted by Gasteiger charge is -2.20. The van der Waals surface area contributed by atoms with Crippen molar-refractivity contribution in [3.8, 4) is 62.1 Å². The zero-order chi connectivity index (χ0) is 41.4. The van der Waals surface area contributed by atoms with Gasteiger partial charge in [-0.1, -0.05) is 120 Å². The Bertz CT molecular complexity index is 3520. The molecule has 8 aromatic carbocycles. The summed E-state index contributed by atoms with van der Waals surface area (Å²) in [6.45, 7) is 0. The van der Waals surface area contributed by atoms with E-state index in [2.05, 4.69) is 177 Å². The lowest BCUT2D eigenvalue weighted by Crippen LogP contribution is -2.55. The first-order valence-electron chi connectivity index (χ1n) is 20.9. The van der Waals surface area contributed by atoms with Crippen molar-refractivity contribution in [2.24, 2.45) is 0 Å². The monoisotopic (exact) mass is 776 g/mol. The van der Waals surface area contributed by atoms with Crippen LogP contribution in [0.25, 0.3) is 106 Å². The maximum Gasteiger partial charge on any atom is 0.164 e.